The number of phosphoric acid groups is 1. The van der Waals surface area contributed by atoms with Crippen LogP contribution in [-0.4, -0.2) is 52.3 Å². The van der Waals surface area contributed by atoms with E-state index in [2.05, 4.69) is 67.0 Å². The molecule has 0 aromatic heterocycles. The minimum atomic E-state index is -4.81. The van der Waals surface area contributed by atoms with E-state index in [-0.39, 0.29) is 19.4 Å². The van der Waals surface area contributed by atoms with Gasteiger partial charge >= 0.3 is 19.8 Å². The second kappa shape index (κ2) is 33.9. The maximum Gasteiger partial charge on any atom is 0.469 e. The summed E-state index contributed by atoms with van der Waals surface area (Å²) in [6, 6.07) is 0. The number of aliphatic hydroxyl groups excluding tert-OH is 1. The molecule has 0 spiro atoms. The van der Waals surface area contributed by atoms with Crippen molar-refractivity contribution in [1.82, 2.24) is 0 Å². The van der Waals surface area contributed by atoms with Crippen LogP contribution in [0.5, 0.6) is 0 Å². The SMILES string of the molecule is CC/C=C\C/C=C\C/C=C\C/C=C\C=C\C(O)CCCC(=O)O[C@H](COC(=O)CCCCCCC/C=C\CCCCCC)COP(=O)(O)O. The summed E-state index contributed by atoms with van der Waals surface area (Å²) in [5.74, 6) is -1.11. The maximum atomic E-state index is 12.4. The predicted octanol–water partition coefficient (Wildman–Crippen LogP) is 9.70. The summed E-state index contributed by atoms with van der Waals surface area (Å²) in [5.41, 5.74) is 0. The molecule has 0 aliphatic heterocycles. The number of carbonyl (C=O) groups is 2. The number of unbranched alkanes of at least 4 members (excludes halogenated alkanes) is 9. The fourth-order valence-electron chi connectivity index (χ4n) is 4.57. The van der Waals surface area contributed by atoms with Crippen molar-refractivity contribution in [2.45, 2.75) is 148 Å². The van der Waals surface area contributed by atoms with Crippen molar-refractivity contribution in [1.29, 1.82) is 0 Å². The average Bonchev–Trinajstić information content (AvgIpc) is 3.06. The summed E-state index contributed by atoms with van der Waals surface area (Å²) >= 11 is 0. The summed E-state index contributed by atoms with van der Waals surface area (Å²) in [6.45, 7) is 3.35. The van der Waals surface area contributed by atoms with Crippen LogP contribution in [-0.2, 0) is 28.2 Å². The number of hydrogen-bond donors (Lipinski definition) is 3. The van der Waals surface area contributed by atoms with Crippen molar-refractivity contribution >= 4 is 19.8 Å². The first-order chi connectivity index (χ1) is 23.7. The molecular weight excluding hydrogens is 643 g/mol. The molecular formula is C39H65O9P. The lowest BCUT2D eigenvalue weighted by Gasteiger charge is -2.18. The molecule has 1 unspecified atom stereocenters. The van der Waals surface area contributed by atoms with Crippen LogP contribution in [0.4, 0.5) is 0 Å². The highest BCUT2D eigenvalue weighted by molar-refractivity contribution is 7.46. The molecule has 0 radical (unpaired) electrons. The smallest absolute Gasteiger partial charge is 0.462 e. The third-order valence-corrected chi connectivity index (χ3v) is 7.80. The summed E-state index contributed by atoms with van der Waals surface area (Å²) in [7, 11) is -4.81. The zero-order chi connectivity index (χ0) is 36.3. The van der Waals surface area contributed by atoms with Gasteiger partial charge in [0.2, 0.25) is 0 Å². The molecule has 3 N–H and O–H groups in total. The van der Waals surface area contributed by atoms with E-state index >= 15 is 0 Å². The van der Waals surface area contributed by atoms with E-state index in [4.69, 9.17) is 19.3 Å². The largest absolute Gasteiger partial charge is 0.469 e. The Morgan fingerprint density at radius 3 is 1.86 bits per heavy atom. The van der Waals surface area contributed by atoms with E-state index in [1.165, 1.54) is 25.7 Å². The topological polar surface area (TPSA) is 140 Å². The van der Waals surface area contributed by atoms with Gasteiger partial charge in [0.05, 0.1) is 12.7 Å². The number of hydrogen-bond acceptors (Lipinski definition) is 7. The van der Waals surface area contributed by atoms with Gasteiger partial charge in [-0.15, -0.1) is 0 Å². The highest BCUT2D eigenvalue weighted by Gasteiger charge is 2.23. The van der Waals surface area contributed by atoms with Gasteiger partial charge in [-0.2, -0.15) is 0 Å². The zero-order valence-electron chi connectivity index (χ0n) is 30.2. The number of ether oxygens (including phenoxy) is 2. The Labute approximate surface area is 296 Å². The van der Waals surface area contributed by atoms with Gasteiger partial charge in [-0.05, 0) is 70.6 Å². The summed E-state index contributed by atoms with van der Waals surface area (Å²) in [6.07, 6.45) is 39.4. The van der Waals surface area contributed by atoms with Crippen molar-refractivity contribution in [3.63, 3.8) is 0 Å². The van der Waals surface area contributed by atoms with Gasteiger partial charge in [0.25, 0.3) is 0 Å². The normalized spacial score (nSPS) is 14.0. The van der Waals surface area contributed by atoms with Gasteiger partial charge in [-0.1, -0.05) is 125 Å². The predicted molar refractivity (Wildman–Crippen MR) is 199 cm³/mol. The van der Waals surface area contributed by atoms with E-state index in [1.54, 1.807) is 12.2 Å². The zero-order valence-corrected chi connectivity index (χ0v) is 31.1. The minimum absolute atomic E-state index is 0.0238. The van der Waals surface area contributed by atoms with E-state index < -0.39 is 38.6 Å². The van der Waals surface area contributed by atoms with Crippen LogP contribution in [0.1, 0.15) is 136 Å². The van der Waals surface area contributed by atoms with Gasteiger partial charge in [0, 0.05) is 12.8 Å². The number of carbonyl (C=O) groups excluding carboxylic acids is 2. The summed E-state index contributed by atoms with van der Waals surface area (Å²) < 4.78 is 26.1. The molecule has 0 aromatic rings. The fourth-order valence-corrected chi connectivity index (χ4v) is 4.93. The molecule has 0 amide bonds. The van der Waals surface area contributed by atoms with E-state index in [0.717, 1.165) is 64.2 Å². The van der Waals surface area contributed by atoms with Crippen molar-refractivity contribution in [3.8, 4) is 0 Å². The summed E-state index contributed by atoms with van der Waals surface area (Å²) in [4.78, 5) is 42.7. The molecule has 2 atom stereocenters. The Kier molecular flexibility index (Phi) is 32.2. The number of esters is 2. The van der Waals surface area contributed by atoms with Crippen LogP contribution >= 0.6 is 7.82 Å². The lowest BCUT2D eigenvalue weighted by molar-refractivity contribution is -0.161. The van der Waals surface area contributed by atoms with Gasteiger partial charge in [-0.25, -0.2) is 4.57 Å². The third-order valence-electron chi connectivity index (χ3n) is 7.31. The first-order valence-electron chi connectivity index (χ1n) is 18.3. The van der Waals surface area contributed by atoms with Crippen LogP contribution in [0, 0.1) is 0 Å². The molecule has 0 rings (SSSR count). The second-order valence-electron chi connectivity index (χ2n) is 12.0. The number of phosphoric ester groups is 1. The number of allylic oxidation sites excluding steroid dienone is 11. The molecule has 9 nitrogen and oxygen atoms in total. The van der Waals surface area contributed by atoms with Crippen molar-refractivity contribution in [3.05, 3.63) is 72.9 Å². The number of rotatable bonds is 32. The third kappa shape index (κ3) is 36.6. The molecule has 10 heteroatoms. The highest BCUT2D eigenvalue weighted by Crippen LogP contribution is 2.35. The van der Waals surface area contributed by atoms with Gasteiger partial charge in [-0.3, -0.25) is 14.1 Å². The molecule has 0 aliphatic rings. The molecule has 0 fully saturated rings. The Bertz CT molecular complexity index is 1040. The average molecular weight is 709 g/mol. The summed E-state index contributed by atoms with van der Waals surface area (Å²) in [5, 5.41) is 10.2. The Morgan fingerprint density at radius 2 is 1.22 bits per heavy atom. The maximum absolute atomic E-state index is 12.4. The fraction of sp³-hybridized carbons (Fsp3) is 0.641. The highest BCUT2D eigenvalue weighted by atomic mass is 31.2. The molecule has 0 saturated carbocycles. The molecule has 0 aromatic carbocycles. The molecule has 49 heavy (non-hydrogen) atoms. The van der Waals surface area contributed by atoms with Crippen molar-refractivity contribution in [2.75, 3.05) is 13.2 Å². The van der Waals surface area contributed by atoms with Gasteiger partial charge in [0.1, 0.15) is 6.61 Å². The van der Waals surface area contributed by atoms with Crippen LogP contribution in [0.2, 0.25) is 0 Å². The van der Waals surface area contributed by atoms with Crippen LogP contribution < -0.4 is 0 Å². The van der Waals surface area contributed by atoms with E-state index in [9.17, 15) is 19.3 Å². The first kappa shape index (κ1) is 46.5. The van der Waals surface area contributed by atoms with Crippen molar-refractivity contribution in [2.24, 2.45) is 0 Å². The quantitative estimate of drug-likeness (QED) is 0.0205. The van der Waals surface area contributed by atoms with Crippen LogP contribution in [0.15, 0.2) is 72.9 Å². The van der Waals surface area contributed by atoms with E-state index in [0.29, 0.717) is 19.3 Å². The van der Waals surface area contributed by atoms with Crippen molar-refractivity contribution < 1.29 is 43.0 Å². The molecule has 0 aliphatic carbocycles. The van der Waals surface area contributed by atoms with Crippen LogP contribution in [0.25, 0.3) is 0 Å². The number of aliphatic hydroxyl groups is 1. The second-order valence-corrected chi connectivity index (χ2v) is 13.2. The first-order valence-corrected chi connectivity index (χ1v) is 19.9. The van der Waals surface area contributed by atoms with Crippen LogP contribution in [0.3, 0.4) is 0 Å². The molecule has 0 saturated heterocycles. The Hall–Kier alpha value is -2.55. The van der Waals surface area contributed by atoms with E-state index in [1.807, 2.05) is 12.2 Å². The van der Waals surface area contributed by atoms with Gasteiger partial charge in [0.15, 0.2) is 6.10 Å². The lowest BCUT2D eigenvalue weighted by atomic mass is 10.1. The Morgan fingerprint density at radius 1 is 0.653 bits per heavy atom. The molecule has 0 bridgehead atoms. The lowest BCUT2D eigenvalue weighted by Crippen LogP contribution is -2.29. The minimum Gasteiger partial charge on any atom is -0.462 e. The Balaban J connectivity index is 4.24. The monoisotopic (exact) mass is 708 g/mol. The van der Waals surface area contributed by atoms with Gasteiger partial charge < -0.3 is 24.4 Å². The standard InChI is InChI=1S/C39H65O9P/c1-3-5-7-9-11-13-15-17-19-21-23-25-27-30-36(40)31-29-33-39(42)48-37(35-47-49(43,44)45)34-46-38(41)32-28-26-24-22-20-18-16-14-12-10-8-6-4-2/h5,7,11,13-14,16-17,19,23,25,27,30,36-37,40H,3-4,6,8-10,12,15,18,20-22,24,26,28-29,31-35H2,1-2H3,(H2,43,44,45)/b7-5-,13-11-,16-14-,19-17-,25-23-,30-27+/t36?,37-/m1/s1. The molecule has 280 valence electrons. The molecule has 0 heterocycles.